The van der Waals surface area contributed by atoms with Gasteiger partial charge in [0.25, 0.3) is 5.91 Å². The predicted octanol–water partition coefficient (Wildman–Crippen LogP) is 5.57. The van der Waals surface area contributed by atoms with Crippen molar-refractivity contribution in [1.29, 1.82) is 0 Å². The first kappa shape index (κ1) is 18.8. The maximum Gasteiger partial charge on any atom is 0.255 e. The summed E-state index contributed by atoms with van der Waals surface area (Å²) in [7, 11) is 0. The van der Waals surface area contributed by atoms with Gasteiger partial charge >= 0.3 is 0 Å². The minimum atomic E-state index is -0.189. The summed E-state index contributed by atoms with van der Waals surface area (Å²) in [6.45, 7) is 2.92. The Morgan fingerprint density at radius 2 is 1.67 bits per heavy atom. The fraction of sp³-hybridized carbons (Fsp3) is 0.136. The summed E-state index contributed by atoms with van der Waals surface area (Å²) in [6.07, 6.45) is 0. The van der Waals surface area contributed by atoms with E-state index in [-0.39, 0.29) is 5.91 Å². The summed E-state index contributed by atoms with van der Waals surface area (Å²) in [6, 6.07) is 21.9. The first-order valence-corrected chi connectivity index (χ1v) is 9.03. The van der Waals surface area contributed by atoms with Gasteiger partial charge in [-0.2, -0.15) is 0 Å². The highest BCUT2D eigenvalue weighted by molar-refractivity contribution is 6.30. The summed E-state index contributed by atoms with van der Waals surface area (Å²) in [5.41, 5.74) is 2.27. The van der Waals surface area contributed by atoms with Crippen molar-refractivity contribution in [2.75, 3.05) is 11.9 Å². The van der Waals surface area contributed by atoms with E-state index in [2.05, 4.69) is 5.32 Å². The zero-order valence-electron chi connectivity index (χ0n) is 14.9. The van der Waals surface area contributed by atoms with Gasteiger partial charge in [-0.15, -0.1) is 0 Å². The number of carbonyl (C=O) groups excluding carboxylic acids is 1. The van der Waals surface area contributed by atoms with Crippen molar-refractivity contribution in [2.45, 2.75) is 13.5 Å². The molecule has 3 aromatic rings. The highest BCUT2D eigenvalue weighted by Gasteiger charge is 2.07. The van der Waals surface area contributed by atoms with Gasteiger partial charge in [0.05, 0.1) is 6.61 Å². The summed E-state index contributed by atoms with van der Waals surface area (Å²) in [5.74, 6) is 1.21. The van der Waals surface area contributed by atoms with Crippen molar-refractivity contribution in [2.24, 2.45) is 0 Å². The second-order valence-corrected chi connectivity index (χ2v) is 6.29. The highest BCUT2D eigenvalue weighted by atomic mass is 35.5. The SMILES string of the molecule is CCOc1cccc(C(=O)Nc2ccc(OCc3ccc(Cl)cc3)cc2)c1. The summed E-state index contributed by atoms with van der Waals surface area (Å²) in [5, 5.41) is 3.57. The lowest BCUT2D eigenvalue weighted by molar-refractivity contribution is 0.102. The van der Waals surface area contributed by atoms with Gasteiger partial charge in [-0.05, 0) is 67.1 Å². The number of ether oxygens (including phenoxy) is 2. The minimum Gasteiger partial charge on any atom is -0.494 e. The predicted molar refractivity (Wildman–Crippen MR) is 108 cm³/mol. The molecule has 0 atom stereocenters. The van der Waals surface area contributed by atoms with Crippen molar-refractivity contribution >= 4 is 23.2 Å². The molecule has 0 bridgehead atoms. The van der Waals surface area contributed by atoms with Crippen LogP contribution >= 0.6 is 11.6 Å². The largest absolute Gasteiger partial charge is 0.494 e. The van der Waals surface area contributed by atoms with Crippen LogP contribution in [0.5, 0.6) is 11.5 Å². The van der Waals surface area contributed by atoms with Crippen LogP contribution in [-0.2, 0) is 6.61 Å². The topological polar surface area (TPSA) is 47.6 Å². The molecule has 3 rings (SSSR count). The molecule has 1 N–H and O–H groups in total. The quantitative estimate of drug-likeness (QED) is 0.582. The molecule has 138 valence electrons. The zero-order valence-corrected chi connectivity index (χ0v) is 15.7. The molecule has 0 fully saturated rings. The van der Waals surface area contributed by atoms with Gasteiger partial charge in [0.1, 0.15) is 18.1 Å². The van der Waals surface area contributed by atoms with E-state index in [1.165, 1.54) is 0 Å². The number of anilines is 1. The molecule has 0 saturated heterocycles. The van der Waals surface area contributed by atoms with Gasteiger partial charge in [-0.1, -0.05) is 29.8 Å². The fourth-order valence-electron chi connectivity index (χ4n) is 2.48. The number of rotatable bonds is 7. The lowest BCUT2D eigenvalue weighted by Crippen LogP contribution is -2.12. The van der Waals surface area contributed by atoms with Gasteiger partial charge in [-0.3, -0.25) is 4.79 Å². The third-order valence-corrected chi connectivity index (χ3v) is 4.09. The van der Waals surface area contributed by atoms with E-state index in [0.717, 1.165) is 11.3 Å². The van der Waals surface area contributed by atoms with E-state index < -0.39 is 0 Å². The van der Waals surface area contributed by atoms with Crippen LogP contribution in [0.2, 0.25) is 5.02 Å². The number of hydrogen-bond donors (Lipinski definition) is 1. The third kappa shape index (κ3) is 5.50. The molecule has 1 amide bonds. The van der Waals surface area contributed by atoms with E-state index in [9.17, 15) is 4.79 Å². The molecule has 0 spiro atoms. The van der Waals surface area contributed by atoms with Crippen LogP contribution in [0.3, 0.4) is 0 Å². The van der Waals surface area contributed by atoms with E-state index in [1.54, 1.807) is 18.2 Å². The van der Waals surface area contributed by atoms with E-state index in [0.29, 0.717) is 35.2 Å². The van der Waals surface area contributed by atoms with Crippen LogP contribution in [0.15, 0.2) is 72.8 Å². The van der Waals surface area contributed by atoms with Crippen LogP contribution in [0, 0.1) is 0 Å². The second kappa shape index (κ2) is 9.10. The average molecular weight is 382 g/mol. The van der Waals surface area contributed by atoms with Crippen molar-refractivity contribution in [3.05, 3.63) is 88.9 Å². The van der Waals surface area contributed by atoms with Gasteiger partial charge in [0.15, 0.2) is 0 Å². The summed E-state index contributed by atoms with van der Waals surface area (Å²) in [4.78, 5) is 12.4. The minimum absolute atomic E-state index is 0.189. The maximum absolute atomic E-state index is 12.4. The Morgan fingerprint density at radius 3 is 2.37 bits per heavy atom. The molecular weight excluding hydrogens is 362 g/mol. The van der Waals surface area contributed by atoms with Crippen molar-refractivity contribution in [3.63, 3.8) is 0 Å². The normalized spacial score (nSPS) is 10.3. The number of benzene rings is 3. The number of carbonyl (C=O) groups is 1. The van der Waals surface area contributed by atoms with Crippen LogP contribution in [0.25, 0.3) is 0 Å². The smallest absolute Gasteiger partial charge is 0.255 e. The van der Waals surface area contributed by atoms with Crippen molar-refractivity contribution in [1.82, 2.24) is 0 Å². The Labute approximate surface area is 163 Å². The fourth-order valence-corrected chi connectivity index (χ4v) is 2.60. The zero-order chi connectivity index (χ0) is 19.1. The molecule has 0 saturated carbocycles. The van der Waals surface area contributed by atoms with Crippen LogP contribution in [-0.4, -0.2) is 12.5 Å². The van der Waals surface area contributed by atoms with Crippen LogP contribution in [0.4, 0.5) is 5.69 Å². The molecule has 0 aromatic heterocycles. The first-order chi connectivity index (χ1) is 13.1. The molecule has 0 aliphatic carbocycles. The van der Waals surface area contributed by atoms with Gasteiger partial charge in [-0.25, -0.2) is 0 Å². The standard InChI is InChI=1S/C22H20ClNO3/c1-2-26-21-5-3-4-17(14-21)22(25)24-19-10-12-20(13-11-19)27-15-16-6-8-18(23)9-7-16/h3-14H,2,15H2,1H3,(H,24,25). The summed E-state index contributed by atoms with van der Waals surface area (Å²) >= 11 is 5.87. The van der Waals surface area contributed by atoms with E-state index in [1.807, 2.05) is 61.5 Å². The van der Waals surface area contributed by atoms with E-state index >= 15 is 0 Å². The molecule has 5 heteroatoms. The first-order valence-electron chi connectivity index (χ1n) is 8.65. The number of nitrogens with one attached hydrogen (secondary N) is 1. The molecule has 0 radical (unpaired) electrons. The Bertz CT molecular complexity index is 892. The molecule has 0 unspecified atom stereocenters. The second-order valence-electron chi connectivity index (χ2n) is 5.85. The molecule has 27 heavy (non-hydrogen) atoms. The Hall–Kier alpha value is -2.98. The molecule has 0 aliphatic rings. The Kier molecular flexibility index (Phi) is 6.34. The highest BCUT2D eigenvalue weighted by Crippen LogP contribution is 2.19. The lowest BCUT2D eigenvalue weighted by atomic mass is 10.2. The number of halogens is 1. The number of hydrogen-bond acceptors (Lipinski definition) is 3. The lowest BCUT2D eigenvalue weighted by Gasteiger charge is -2.09. The molecule has 4 nitrogen and oxygen atoms in total. The molecule has 3 aromatic carbocycles. The van der Waals surface area contributed by atoms with Gasteiger partial charge in [0.2, 0.25) is 0 Å². The molecule has 0 aliphatic heterocycles. The molecule has 0 heterocycles. The summed E-state index contributed by atoms with van der Waals surface area (Å²) < 4.78 is 11.2. The Balaban J connectivity index is 1.57. The van der Waals surface area contributed by atoms with Crippen LogP contribution < -0.4 is 14.8 Å². The van der Waals surface area contributed by atoms with Gasteiger partial charge < -0.3 is 14.8 Å². The van der Waals surface area contributed by atoms with E-state index in [4.69, 9.17) is 21.1 Å². The van der Waals surface area contributed by atoms with Crippen molar-refractivity contribution in [3.8, 4) is 11.5 Å². The van der Waals surface area contributed by atoms with Crippen LogP contribution in [0.1, 0.15) is 22.8 Å². The number of amides is 1. The monoisotopic (exact) mass is 381 g/mol. The maximum atomic E-state index is 12.4. The Morgan fingerprint density at radius 1 is 0.926 bits per heavy atom. The third-order valence-electron chi connectivity index (χ3n) is 3.84. The molecular formula is C22H20ClNO3. The van der Waals surface area contributed by atoms with Crippen molar-refractivity contribution < 1.29 is 14.3 Å². The average Bonchev–Trinajstić information content (AvgIpc) is 2.69. The van der Waals surface area contributed by atoms with Gasteiger partial charge in [0, 0.05) is 16.3 Å².